The molecule has 1 N–H and O–H groups in total. The normalized spacial score (nSPS) is 12.1. The Hall–Kier alpha value is -3.07. The highest BCUT2D eigenvalue weighted by Gasteiger charge is 2.33. The van der Waals surface area contributed by atoms with Crippen LogP contribution in [0.15, 0.2) is 65.6 Å². The number of likely N-dealkylation sites (N-methyl/N-ethyl adjacent to an activating group) is 1. The van der Waals surface area contributed by atoms with Gasteiger partial charge in [0.25, 0.3) is 10.0 Å². The van der Waals surface area contributed by atoms with Crippen molar-refractivity contribution in [1.29, 1.82) is 0 Å². The number of amides is 2. The highest BCUT2D eigenvalue weighted by molar-refractivity contribution is 7.92. The fourth-order valence-electron chi connectivity index (χ4n) is 4.08. The molecule has 39 heavy (non-hydrogen) atoms. The Labute approximate surface area is 240 Å². The number of rotatable bonds is 10. The topological polar surface area (TPSA) is 86.8 Å². The van der Waals surface area contributed by atoms with Gasteiger partial charge in [-0.05, 0) is 81.6 Å². The first-order valence-electron chi connectivity index (χ1n) is 12.5. The number of carbonyl (C=O) groups is 2. The van der Waals surface area contributed by atoms with Crippen molar-refractivity contribution in [3.05, 3.63) is 93.0 Å². The van der Waals surface area contributed by atoms with Gasteiger partial charge in [0.1, 0.15) is 12.6 Å². The fraction of sp³-hybridized carbons (Fsp3) is 0.310. The van der Waals surface area contributed by atoms with E-state index in [0.29, 0.717) is 33.4 Å². The molecule has 0 aliphatic heterocycles. The SMILES string of the molecule is CCNC(=O)[C@H](C)N(Cc1ccc(Cl)c(Cl)c1)C(=O)CN(c1cc(C)ccc1C)S(=O)(=O)c1ccc(C)cc1. The van der Waals surface area contributed by atoms with E-state index in [-0.39, 0.29) is 17.3 Å². The van der Waals surface area contributed by atoms with Gasteiger partial charge in [-0.3, -0.25) is 13.9 Å². The average Bonchev–Trinajstić information content (AvgIpc) is 2.89. The Morgan fingerprint density at radius 3 is 2.15 bits per heavy atom. The number of hydrogen-bond donors (Lipinski definition) is 1. The Morgan fingerprint density at radius 1 is 0.897 bits per heavy atom. The molecule has 0 aliphatic rings. The summed E-state index contributed by atoms with van der Waals surface area (Å²) in [6.45, 7) is 8.81. The van der Waals surface area contributed by atoms with E-state index in [1.165, 1.54) is 17.0 Å². The van der Waals surface area contributed by atoms with Gasteiger partial charge in [0.15, 0.2) is 0 Å². The zero-order valence-electron chi connectivity index (χ0n) is 22.7. The Bertz CT molecular complexity index is 1460. The van der Waals surface area contributed by atoms with Crippen molar-refractivity contribution in [2.75, 3.05) is 17.4 Å². The highest BCUT2D eigenvalue weighted by atomic mass is 35.5. The van der Waals surface area contributed by atoms with Crippen LogP contribution in [-0.2, 0) is 26.2 Å². The second-order valence-electron chi connectivity index (χ2n) is 9.46. The van der Waals surface area contributed by atoms with Crippen molar-refractivity contribution in [3.63, 3.8) is 0 Å². The van der Waals surface area contributed by atoms with Crippen LogP contribution in [0.1, 0.15) is 36.1 Å². The molecule has 3 rings (SSSR count). The highest BCUT2D eigenvalue weighted by Crippen LogP contribution is 2.29. The molecule has 0 fully saturated rings. The maximum Gasteiger partial charge on any atom is 0.264 e. The molecule has 7 nitrogen and oxygen atoms in total. The first-order chi connectivity index (χ1) is 18.3. The van der Waals surface area contributed by atoms with Crippen LogP contribution in [0, 0.1) is 20.8 Å². The molecule has 10 heteroatoms. The van der Waals surface area contributed by atoms with Crippen LogP contribution in [0.2, 0.25) is 10.0 Å². The predicted molar refractivity (Wildman–Crippen MR) is 157 cm³/mol. The molecule has 208 valence electrons. The standard InChI is InChI=1S/C29H33Cl2N3O4S/c1-6-32-29(36)22(5)33(17-23-11-14-25(30)26(31)16-23)28(35)18-34(27-15-20(3)7-10-21(27)4)39(37,38)24-12-8-19(2)9-13-24/h7-16,22H,6,17-18H2,1-5H3,(H,32,36)/t22-/m0/s1. The number of hydrogen-bond acceptors (Lipinski definition) is 4. The van der Waals surface area contributed by atoms with Gasteiger partial charge in [-0.25, -0.2) is 8.42 Å². The van der Waals surface area contributed by atoms with Crippen LogP contribution < -0.4 is 9.62 Å². The van der Waals surface area contributed by atoms with Gasteiger partial charge in [-0.15, -0.1) is 0 Å². The molecular formula is C29H33Cl2N3O4S. The lowest BCUT2D eigenvalue weighted by Crippen LogP contribution is -2.51. The molecule has 0 radical (unpaired) electrons. The lowest BCUT2D eigenvalue weighted by Gasteiger charge is -2.32. The Morgan fingerprint density at radius 2 is 1.54 bits per heavy atom. The maximum absolute atomic E-state index is 14.0. The van der Waals surface area contributed by atoms with E-state index in [9.17, 15) is 18.0 Å². The average molecular weight is 591 g/mol. The molecule has 3 aromatic rings. The van der Waals surface area contributed by atoms with Crippen LogP contribution in [0.5, 0.6) is 0 Å². The zero-order valence-corrected chi connectivity index (χ0v) is 25.0. The number of benzene rings is 3. The number of nitrogens with zero attached hydrogens (tertiary/aromatic N) is 2. The number of nitrogens with one attached hydrogen (secondary N) is 1. The minimum absolute atomic E-state index is 0.0270. The summed E-state index contributed by atoms with van der Waals surface area (Å²) in [6, 6.07) is 16.0. The van der Waals surface area contributed by atoms with Gasteiger partial charge in [-0.1, -0.05) is 59.1 Å². The van der Waals surface area contributed by atoms with Gasteiger partial charge in [0.2, 0.25) is 11.8 Å². The second-order valence-corrected chi connectivity index (χ2v) is 12.1. The summed E-state index contributed by atoms with van der Waals surface area (Å²) in [5, 5.41) is 3.41. The lowest BCUT2D eigenvalue weighted by atomic mass is 10.1. The summed E-state index contributed by atoms with van der Waals surface area (Å²) >= 11 is 12.3. The Kier molecular flexibility index (Phi) is 10.0. The van der Waals surface area contributed by atoms with Gasteiger partial charge in [0, 0.05) is 13.1 Å². The molecule has 0 aromatic heterocycles. The van der Waals surface area contributed by atoms with Crippen molar-refractivity contribution in [1.82, 2.24) is 10.2 Å². The maximum atomic E-state index is 14.0. The Balaban J connectivity index is 2.08. The minimum atomic E-state index is -4.13. The first-order valence-corrected chi connectivity index (χ1v) is 14.7. The number of carbonyl (C=O) groups excluding carboxylic acids is 2. The van der Waals surface area contributed by atoms with E-state index < -0.39 is 28.5 Å². The van der Waals surface area contributed by atoms with E-state index in [0.717, 1.165) is 15.4 Å². The van der Waals surface area contributed by atoms with Crippen molar-refractivity contribution >= 4 is 50.7 Å². The summed E-state index contributed by atoms with van der Waals surface area (Å²) in [4.78, 5) is 28.2. The monoisotopic (exact) mass is 589 g/mol. The molecule has 1 atom stereocenters. The van der Waals surface area contributed by atoms with Crippen molar-refractivity contribution in [2.24, 2.45) is 0 Å². The van der Waals surface area contributed by atoms with Gasteiger partial charge >= 0.3 is 0 Å². The van der Waals surface area contributed by atoms with E-state index in [1.807, 2.05) is 26.0 Å². The first kappa shape index (κ1) is 30.5. The third kappa shape index (κ3) is 7.32. The summed E-state index contributed by atoms with van der Waals surface area (Å²) in [7, 11) is -4.13. The summed E-state index contributed by atoms with van der Waals surface area (Å²) in [5.74, 6) is -0.901. The van der Waals surface area contributed by atoms with Crippen LogP contribution >= 0.6 is 23.2 Å². The van der Waals surface area contributed by atoms with Crippen molar-refractivity contribution in [2.45, 2.75) is 52.1 Å². The molecule has 0 unspecified atom stereocenters. The van der Waals surface area contributed by atoms with E-state index >= 15 is 0 Å². The summed E-state index contributed by atoms with van der Waals surface area (Å²) in [5.41, 5.74) is 3.48. The van der Waals surface area contributed by atoms with Crippen LogP contribution in [0.4, 0.5) is 5.69 Å². The second kappa shape index (κ2) is 12.9. The molecule has 0 aliphatic carbocycles. The third-order valence-corrected chi connectivity index (χ3v) is 8.89. The van der Waals surface area contributed by atoms with Crippen LogP contribution in [0.25, 0.3) is 0 Å². The molecule has 0 saturated heterocycles. The molecule has 0 heterocycles. The molecular weight excluding hydrogens is 557 g/mol. The van der Waals surface area contributed by atoms with E-state index in [2.05, 4.69) is 5.32 Å². The summed E-state index contributed by atoms with van der Waals surface area (Å²) in [6.07, 6.45) is 0. The number of sulfonamides is 1. The van der Waals surface area contributed by atoms with Crippen LogP contribution in [-0.4, -0.2) is 44.3 Å². The van der Waals surface area contributed by atoms with Crippen molar-refractivity contribution in [3.8, 4) is 0 Å². The zero-order chi connectivity index (χ0) is 28.9. The lowest BCUT2D eigenvalue weighted by molar-refractivity contribution is -0.139. The largest absolute Gasteiger partial charge is 0.355 e. The van der Waals surface area contributed by atoms with Gasteiger partial charge in [-0.2, -0.15) is 0 Å². The quantitative estimate of drug-likeness (QED) is 0.330. The molecule has 0 spiro atoms. The summed E-state index contributed by atoms with van der Waals surface area (Å²) < 4.78 is 29.0. The molecule has 3 aromatic carbocycles. The molecule has 0 bridgehead atoms. The van der Waals surface area contributed by atoms with Crippen LogP contribution in [0.3, 0.4) is 0 Å². The molecule has 2 amide bonds. The van der Waals surface area contributed by atoms with Gasteiger partial charge in [0.05, 0.1) is 20.6 Å². The van der Waals surface area contributed by atoms with Crippen molar-refractivity contribution < 1.29 is 18.0 Å². The smallest absolute Gasteiger partial charge is 0.264 e. The molecule has 0 saturated carbocycles. The fourth-order valence-corrected chi connectivity index (χ4v) is 5.87. The number of aryl methyl sites for hydroxylation is 3. The number of halogens is 2. The van der Waals surface area contributed by atoms with E-state index in [1.54, 1.807) is 57.2 Å². The van der Waals surface area contributed by atoms with E-state index in [4.69, 9.17) is 23.2 Å². The van der Waals surface area contributed by atoms with Gasteiger partial charge < -0.3 is 10.2 Å². The number of anilines is 1. The predicted octanol–water partition coefficient (Wildman–Crippen LogP) is 5.67. The minimum Gasteiger partial charge on any atom is -0.355 e. The third-order valence-electron chi connectivity index (χ3n) is 6.38.